The maximum atomic E-state index is 13.6. The normalized spacial score (nSPS) is 13.4. The molecule has 1 N–H and O–H groups in total. The lowest BCUT2D eigenvalue weighted by Crippen LogP contribution is -2.52. The highest BCUT2D eigenvalue weighted by Crippen LogP contribution is 2.36. The maximum Gasteiger partial charge on any atom is 0.244 e. The standard InChI is InChI=1S/C24H30ClN3O6S/c1-5-35(31,32)28(20-9-10-21-22(12-20)34-15-33-21)14-23(29)27(17(4)24(30)26-16(2)3)13-18-7-6-8-19(25)11-18/h6-12,16-17H,5,13-15H2,1-4H3,(H,26,30). The Labute approximate surface area is 211 Å². The van der Waals surface area contributed by atoms with Gasteiger partial charge in [0.25, 0.3) is 0 Å². The number of hydrogen-bond acceptors (Lipinski definition) is 6. The molecule has 0 saturated heterocycles. The topological polar surface area (TPSA) is 105 Å². The number of carbonyl (C=O) groups excluding carboxylic acids is 2. The molecule has 0 radical (unpaired) electrons. The van der Waals surface area contributed by atoms with E-state index in [-0.39, 0.29) is 36.7 Å². The van der Waals surface area contributed by atoms with E-state index in [2.05, 4.69) is 5.32 Å². The third-order valence-corrected chi connectivity index (χ3v) is 7.44. The lowest BCUT2D eigenvalue weighted by molar-refractivity contribution is -0.139. The van der Waals surface area contributed by atoms with Crippen LogP contribution >= 0.6 is 11.6 Å². The lowest BCUT2D eigenvalue weighted by Gasteiger charge is -2.32. The molecule has 1 unspecified atom stereocenters. The molecule has 1 atom stereocenters. The first kappa shape index (κ1) is 26.6. The van der Waals surface area contributed by atoms with Crippen molar-refractivity contribution in [3.63, 3.8) is 0 Å². The fourth-order valence-corrected chi connectivity index (χ4v) is 4.85. The largest absolute Gasteiger partial charge is 0.454 e. The Kier molecular flexibility index (Phi) is 8.50. The molecule has 190 valence electrons. The second-order valence-corrected chi connectivity index (χ2v) is 11.1. The number of halogens is 1. The highest BCUT2D eigenvalue weighted by molar-refractivity contribution is 7.92. The van der Waals surface area contributed by atoms with Crippen molar-refractivity contribution in [1.82, 2.24) is 10.2 Å². The van der Waals surface area contributed by atoms with Crippen molar-refractivity contribution in [1.29, 1.82) is 0 Å². The molecule has 0 aromatic heterocycles. The van der Waals surface area contributed by atoms with Crippen LogP contribution in [0.2, 0.25) is 5.02 Å². The van der Waals surface area contributed by atoms with E-state index in [0.29, 0.717) is 22.1 Å². The van der Waals surface area contributed by atoms with Gasteiger partial charge in [0.1, 0.15) is 12.6 Å². The van der Waals surface area contributed by atoms with Gasteiger partial charge in [-0.2, -0.15) is 0 Å². The molecule has 9 nitrogen and oxygen atoms in total. The van der Waals surface area contributed by atoms with Crippen LogP contribution in [0.15, 0.2) is 42.5 Å². The Hall–Kier alpha value is -2.98. The Morgan fingerprint density at radius 2 is 1.80 bits per heavy atom. The van der Waals surface area contributed by atoms with Crippen molar-refractivity contribution in [2.45, 2.75) is 46.3 Å². The third-order valence-electron chi connectivity index (χ3n) is 5.46. The van der Waals surface area contributed by atoms with Crippen LogP contribution in [0.4, 0.5) is 5.69 Å². The number of nitrogens with zero attached hydrogens (tertiary/aromatic N) is 2. The van der Waals surface area contributed by atoms with Gasteiger partial charge in [0, 0.05) is 23.7 Å². The van der Waals surface area contributed by atoms with Crippen molar-refractivity contribution >= 4 is 39.1 Å². The monoisotopic (exact) mass is 523 g/mol. The number of fused-ring (bicyclic) bond motifs is 1. The number of ether oxygens (including phenoxy) is 2. The number of sulfonamides is 1. The summed E-state index contributed by atoms with van der Waals surface area (Å²) in [5.41, 5.74) is 0.981. The van der Waals surface area contributed by atoms with Crippen LogP contribution in [0.5, 0.6) is 11.5 Å². The second-order valence-electron chi connectivity index (χ2n) is 8.44. The summed E-state index contributed by atoms with van der Waals surface area (Å²) in [7, 11) is -3.84. The average Bonchev–Trinajstić information content (AvgIpc) is 3.27. The molecule has 1 heterocycles. The number of hydrogen-bond donors (Lipinski definition) is 1. The van der Waals surface area contributed by atoms with Gasteiger partial charge in [0.05, 0.1) is 11.4 Å². The van der Waals surface area contributed by atoms with Crippen LogP contribution in [0.1, 0.15) is 33.3 Å². The van der Waals surface area contributed by atoms with Gasteiger partial charge in [-0.15, -0.1) is 0 Å². The Bertz CT molecular complexity index is 1190. The van der Waals surface area contributed by atoms with Crippen LogP contribution in [0.3, 0.4) is 0 Å². The Morgan fingerprint density at radius 1 is 1.09 bits per heavy atom. The third kappa shape index (κ3) is 6.58. The smallest absolute Gasteiger partial charge is 0.244 e. The number of benzene rings is 2. The first-order valence-corrected chi connectivity index (χ1v) is 13.2. The highest BCUT2D eigenvalue weighted by atomic mass is 35.5. The minimum atomic E-state index is -3.84. The molecule has 2 aromatic rings. The van der Waals surface area contributed by atoms with Crippen molar-refractivity contribution in [2.75, 3.05) is 23.4 Å². The summed E-state index contributed by atoms with van der Waals surface area (Å²) < 4.78 is 37.7. The van der Waals surface area contributed by atoms with E-state index in [1.165, 1.54) is 17.9 Å². The average molecular weight is 524 g/mol. The van der Waals surface area contributed by atoms with Crippen molar-refractivity contribution in [3.05, 3.63) is 53.1 Å². The molecule has 0 spiro atoms. The first-order chi connectivity index (χ1) is 16.5. The summed E-state index contributed by atoms with van der Waals surface area (Å²) in [5.74, 6) is -0.205. The van der Waals surface area contributed by atoms with Gasteiger partial charge in [-0.05, 0) is 57.5 Å². The molecule has 1 aliphatic heterocycles. The summed E-state index contributed by atoms with van der Waals surface area (Å²) in [6.45, 7) is 6.38. The predicted molar refractivity (Wildman–Crippen MR) is 134 cm³/mol. The summed E-state index contributed by atoms with van der Waals surface area (Å²) >= 11 is 6.12. The molecule has 2 amide bonds. The van der Waals surface area contributed by atoms with E-state index in [1.807, 2.05) is 13.8 Å². The molecule has 0 bridgehead atoms. The molecule has 0 saturated carbocycles. The van der Waals surface area contributed by atoms with Crippen molar-refractivity contribution < 1.29 is 27.5 Å². The SMILES string of the molecule is CCS(=O)(=O)N(CC(=O)N(Cc1cccc(Cl)c1)C(C)C(=O)NC(C)C)c1ccc2c(c1)OCO2. The molecule has 0 fully saturated rings. The van der Waals surface area contributed by atoms with E-state index in [9.17, 15) is 18.0 Å². The summed E-state index contributed by atoms with van der Waals surface area (Å²) in [4.78, 5) is 27.8. The van der Waals surface area contributed by atoms with Gasteiger partial charge < -0.3 is 19.7 Å². The van der Waals surface area contributed by atoms with Crippen LogP contribution in [0.25, 0.3) is 0 Å². The predicted octanol–water partition coefficient (Wildman–Crippen LogP) is 3.17. The fourth-order valence-electron chi connectivity index (χ4n) is 3.58. The summed E-state index contributed by atoms with van der Waals surface area (Å²) in [6.07, 6.45) is 0. The van der Waals surface area contributed by atoms with E-state index >= 15 is 0 Å². The fraction of sp³-hybridized carbons (Fsp3) is 0.417. The number of carbonyl (C=O) groups is 2. The van der Waals surface area contributed by atoms with E-state index in [4.69, 9.17) is 21.1 Å². The van der Waals surface area contributed by atoms with Crippen LogP contribution in [-0.2, 0) is 26.2 Å². The Morgan fingerprint density at radius 3 is 2.46 bits per heavy atom. The minimum absolute atomic E-state index is 0.0358. The second kappa shape index (κ2) is 11.2. The summed E-state index contributed by atoms with van der Waals surface area (Å²) in [6, 6.07) is 10.7. The molecule has 35 heavy (non-hydrogen) atoms. The van der Waals surface area contributed by atoms with E-state index < -0.39 is 28.5 Å². The maximum absolute atomic E-state index is 13.6. The van der Waals surface area contributed by atoms with Gasteiger partial charge in [0.2, 0.25) is 28.6 Å². The molecular formula is C24H30ClN3O6S. The van der Waals surface area contributed by atoms with Gasteiger partial charge in [-0.3, -0.25) is 13.9 Å². The van der Waals surface area contributed by atoms with Gasteiger partial charge >= 0.3 is 0 Å². The lowest BCUT2D eigenvalue weighted by atomic mass is 10.1. The van der Waals surface area contributed by atoms with Crippen molar-refractivity contribution in [2.24, 2.45) is 0 Å². The summed E-state index contributed by atoms with van der Waals surface area (Å²) in [5, 5.41) is 3.30. The molecule has 11 heteroatoms. The van der Waals surface area contributed by atoms with E-state index in [1.54, 1.807) is 43.3 Å². The number of anilines is 1. The zero-order valence-electron chi connectivity index (χ0n) is 20.2. The molecule has 1 aliphatic rings. The zero-order chi connectivity index (χ0) is 25.8. The Balaban J connectivity index is 1.94. The van der Waals surface area contributed by atoms with Gasteiger partial charge in [-0.1, -0.05) is 23.7 Å². The van der Waals surface area contributed by atoms with Gasteiger partial charge in [-0.25, -0.2) is 8.42 Å². The number of amides is 2. The zero-order valence-corrected chi connectivity index (χ0v) is 21.7. The van der Waals surface area contributed by atoms with Crippen LogP contribution in [-0.4, -0.2) is 56.3 Å². The highest BCUT2D eigenvalue weighted by Gasteiger charge is 2.32. The molecule has 0 aliphatic carbocycles. The first-order valence-electron chi connectivity index (χ1n) is 11.3. The van der Waals surface area contributed by atoms with Crippen molar-refractivity contribution in [3.8, 4) is 11.5 Å². The van der Waals surface area contributed by atoms with Gasteiger partial charge in [0.15, 0.2) is 11.5 Å². The quantitative estimate of drug-likeness (QED) is 0.513. The van der Waals surface area contributed by atoms with E-state index in [0.717, 1.165) is 4.31 Å². The molecule has 2 aromatic carbocycles. The van der Waals surface area contributed by atoms with Crippen LogP contribution < -0.4 is 19.1 Å². The molecular weight excluding hydrogens is 494 g/mol. The molecule has 3 rings (SSSR count). The van der Waals surface area contributed by atoms with Crippen LogP contribution in [0, 0.1) is 0 Å². The number of rotatable bonds is 10. The minimum Gasteiger partial charge on any atom is -0.454 e. The number of nitrogens with one attached hydrogen (secondary N) is 1.